The Labute approximate surface area is 420 Å². The lowest BCUT2D eigenvalue weighted by Crippen LogP contribution is -2.63. The number of rotatable bonds is 1. The minimum atomic E-state index is -0.0538. The molecule has 0 amide bonds. The third kappa shape index (κ3) is 6.46. The van der Waals surface area contributed by atoms with E-state index in [-0.39, 0.29) is 45.9 Å². The number of anilines is 3. The lowest BCUT2D eigenvalue weighted by atomic mass is 9.32. The van der Waals surface area contributed by atoms with E-state index in [1.165, 1.54) is 133 Å². The molecule has 8 aromatic rings. The van der Waals surface area contributed by atoms with E-state index < -0.39 is 0 Å². The van der Waals surface area contributed by atoms with Gasteiger partial charge in [0.05, 0.1) is 11.0 Å². The van der Waals surface area contributed by atoms with Crippen molar-refractivity contribution < 1.29 is 0 Å². The average molecular weight is 915 g/mol. The molecule has 2 nitrogen and oxygen atoms in total. The maximum atomic E-state index is 2.77. The predicted octanol–water partition coefficient (Wildman–Crippen LogP) is 13.7. The number of fused-ring (bicyclic) bond motifs is 13. The van der Waals surface area contributed by atoms with Crippen LogP contribution in [0.25, 0.3) is 49.7 Å². The highest BCUT2D eigenvalue weighted by Gasteiger charge is 2.51. The molecule has 0 saturated heterocycles. The molecule has 4 aliphatic rings. The third-order valence-corrected chi connectivity index (χ3v) is 16.9. The highest BCUT2D eigenvalue weighted by molar-refractivity contribution is 7.05. The Morgan fingerprint density at radius 3 is 1.00 bits per heavy atom. The van der Waals surface area contributed by atoms with Gasteiger partial charge in [-0.15, -0.1) is 0 Å². The summed E-state index contributed by atoms with van der Waals surface area (Å²) in [5, 5.41) is 2.65. The van der Waals surface area contributed by atoms with Crippen LogP contribution >= 0.6 is 0 Å². The molecule has 0 radical (unpaired) electrons. The molecule has 0 atom stereocenters. The number of benzene rings is 7. The van der Waals surface area contributed by atoms with E-state index in [9.17, 15) is 0 Å². The van der Waals surface area contributed by atoms with E-state index in [4.69, 9.17) is 0 Å². The molecule has 0 fully saturated rings. The van der Waals surface area contributed by atoms with E-state index in [0.717, 1.165) is 0 Å². The molecule has 0 saturated carbocycles. The Hall–Kier alpha value is -5.73. The zero-order valence-corrected chi connectivity index (χ0v) is 45.4. The van der Waals surface area contributed by atoms with Crippen LogP contribution in [0.5, 0.6) is 0 Å². The van der Waals surface area contributed by atoms with Crippen LogP contribution in [-0.2, 0) is 32.5 Å². The predicted molar refractivity (Wildman–Crippen MR) is 308 cm³/mol. The molecule has 70 heavy (non-hydrogen) atoms. The molecule has 0 unspecified atom stereocenters. The van der Waals surface area contributed by atoms with Gasteiger partial charge < -0.3 is 9.47 Å². The van der Waals surface area contributed by atoms with Gasteiger partial charge in [-0.05, 0) is 159 Å². The standard InChI is InChI=1S/C66H72B2N2/c1-61(2,3)37-19-23-50-44(27-37)48-31-41(65(13,14)15)33-56-58(48)67(50)52-35-43(69-54-25-21-39(63(7,8)9)29-46(54)47-30-40(64(10,11)12)22-26-55(47)69)36-53-60(52)70(56)57-34-42(66(16,17)18)32-49-45-28-38(62(4,5)6)20-24-51(45)68(53)59(49)57/h19-36H,1-18H3. The monoisotopic (exact) mass is 915 g/mol. The average Bonchev–Trinajstić information content (AvgIpc) is 3.89. The summed E-state index contributed by atoms with van der Waals surface area (Å²) in [5.41, 5.74) is 30.3. The van der Waals surface area contributed by atoms with Crippen LogP contribution in [-0.4, -0.2) is 18.0 Å². The van der Waals surface area contributed by atoms with Gasteiger partial charge in [-0.3, -0.25) is 0 Å². The van der Waals surface area contributed by atoms with Gasteiger partial charge in [0.25, 0.3) is 0 Å². The molecule has 4 aliphatic heterocycles. The molecule has 0 bridgehead atoms. The van der Waals surface area contributed by atoms with E-state index >= 15 is 0 Å². The van der Waals surface area contributed by atoms with E-state index in [0.29, 0.717) is 0 Å². The van der Waals surface area contributed by atoms with Crippen LogP contribution in [0, 0.1) is 0 Å². The summed E-state index contributed by atoms with van der Waals surface area (Å²) in [6.07, 6.45) is 0. The first-order chi connectivity index (χ1) is 32.5. The maximum absolute atomic E-state index is 2.77. The van der Waals surface area contributed by atoms with Crippen molar-refractivity contribution in [1.29, 1.82) is 0 Å². The minimum Gasteiger partial charge on any atom is -0.312 e. The van der Waals surface area contributed by atoms with Gasteiger partial charge in [0.2, 0.25) is 13.4 Å². The molecule has 5 heterocycles. The van der Waals surface area contributed by atoms with Crippen LogP contribution in [0.15, 0.2) is 109 Å². The summed E-state index contributed by atoms with van der Waals surface area (Å²) in [6, 6.07) is 45.1. The SMILES string of the molecule is CC(C)(C)c1ccc2c(c1)-c1cc(C(C)(C)C)cc3c1B2c1cc(-n2c4ccc(C(C)(C)C)cc4c4cc(C(C)(C)C)ccc42)cc2c1N3c1cc(C(C)(C)C)cc3c1B2c1ccc(C(C)(C)C)cc1-3. The maximum Gasteiger partial charge on any atom is 0.248 e. The Morgan fingerprint density at radius 1 is 0.314 bits per heavy atom. The summed E-state index contributed by atoms with van der Waals surface area (Å²) >= 11 is 0. The van der Waals surface area contributed by atoms with Crippen molar-refractivity contribution in [3.63, 3.8) is 0 Å². The largest absolute Gasteiger partial charge is 0.312 e. The van der Waals surface area contributed by atoms with Gasteiger partial charge in [-0.25, -0.2) is 0 Å². The van der Waals surface area contributed by atoms with Crippen molar-refractivity contribution in [2.45, 2.75) is 157 Å². The Kier molecular flexibility index (Phi) is 9.10. The fraction of sp³-hybridized carbons (Fsp3) is 0.364. The first kappa shape index (κ1) is 45.4. The Bertz CT molecular complexity index is 3380. The van der Waals surface area contributed by atoms with Crippen molar-refractivity contribution in [1.82, 2.24) is 4.57 Å². The molecular weight excluding hydrogens is 842 g/mol. The molecule has 12 rings (SSSR count). The topological polar surface area (TPSA) is 8.17 Å². The lowest BCUT2D eigenvalue weighted by molar-refractivity contribution is 0.589. The molecule has 0 N–H and O–H groups in total. The highest BCUT2D eigenvalue weighted by atomic mass is 15.2. The third-order valence-electron chi connectivity index (χ3n) is 16.9. The number of hydrogen-bond acceptors (Lipinski definition) is 1. The quantitative estimate of drug-likeness (QED) is 0.149. The summed E-state index contributed by atoms with van der Waals surface area (Å²) in [6.45, 7) is 42.7. The first-order valence-electron chi connectivity index (χ1n) is 26.2. The van der Waals surface area contributed by atoms with Gasteiger partial charge in [-0.1, -0.05) is 196 Å². The van der Waals surface area contributed by atoms with Crippen LogP contribution in [0.4, 0.5) is 17.1 Å². The fourth-order valence-corrected chi connectivity index (χ4v) is 12.6. The minimum absolute atomic E-state index is 0.0184. The zero-order valence-electron chi connectivity index (χ0n) is 45.4. The smallest absolute Gasteiger partial charge is 0.248 e. The van der Waals surface area contributed by atoms with Gasteiger partial charge in [-0.2, -0.15) is 0 Å². The van der Waals surface area contributed by atoms with Crippen molar-refractivity contribution in [2.75, 3.05) is 4.90 Å². The summed E-state index contributed by atoms with van der Waals surface area (Å²) in [7, 11) is 0. The summed E-state index contributed by atoms with van der Waals surface area (Å²) in [4.78, 5) is 2.77. The van der Waals surface area contributed by atoms with Crippen LogP contribution < -0.4 is 37.7 Å². The van der Waals surface area contributed by atoms with Crippen molar-refractivity contribution >= 4 is 85.1 Å². The van der Waals surface area contributed by atoms with Crippen LogP contribution in [0.3, 0.4) is 0 Å². The molecular formula is C66H72B2N2. The Morgan fingerprint density at radius 2 is 0.643 bits per heavy atom. The van der Waals surface area contributed by atoms with Crippen LogP contribution in [0.1, 0.15) is 158 Å². The van der Waals surface area contributed by atoms with Gasteiger partial charge in [0.15, 0.2) is 0 Å². The second-order valence-electron chi connectivity index (χ2n) is 28.0. The molecule has 7 aromatic carbocycles. The fourth-order valence-electron chi connectivity index (χ4n) is 12.6. The van der Waals surface area contributed by atoms with Crippen LogP contribution in [0.2, 0.25) is 0 Å². The molecule has 0 spiro atoms. The summed E-state index contributed by atoms with van der Waals surface area (Å²) in [5.74, 6) is 0. The number of hydrogen-bond donors (Lipinski definition) is 0. The molecule has 4 heteroatoms. The number of nitrogens with zero attached hydrogens (tertiary/aromatic N) is 2. The summed E-state index contributed by atoms with van der Waals surface area (Å²) < 4.78 is 2.63. The van der Waals surface area contributed by atoms with E-state index in [1.807, 2.05) is 0 Å². The highest BCUT2D eigenvalue weighted by Crippen LogP contribution is 2.49. The molecule has 1 aromatic heterocycles. The van der Waals surface area contributed by atoms with Gasteiger partial charge >= 0.3 is 0 Å². The zero-order chi connectivity index (χ0) is 49.9. The number of aromatic nitrogens is 1. The van der Waals surface area contributed by atoms with Gasteiger partial charge in [0, 0.05) is 33.5 Å². The van der Waals surface area contributed by atoms with E-state index in [1.54, 1.807) is 0 Å². The van der Waals surface area contributed by atoms with Gasteiger partial charge in [0.1, 0.15) is 0 Å². The molecule has 352 valence electrons. The van der Waals surface area contributed by atoms with Crippen molar-refractivity contribution in [2.24, 2.45) is 0 Å². The van der Waals surface area contributed by atoms with Crippen molar-refractivity contribution in [3.05, 3.63) is 143 Å². The van der Waals surface area contributed by atoms with E-state index in [2.05, 4.69) is 243 Å². The molecule has 0 aliphatic carbocycles. The van der Waals surface area contributed by atoms with Crippen molar-refractivity contribution in [3.8, 4) is 27.9 Å². The Balaban J connectivity index is 1.25. The normalized spacial score (nSPS) is 14.9. The second-order valence-corrected chi connectivity index (χ2v) is 28.0. The first-order valence-corrected chi connectivity index (χ1v) is 26.2. The second kappa shape index (κ2) is 14.0. The lowest BCUT2D eigenvalue weighted by Gasteiger charge is -2.44.